The van der Waals surface area contributed by atoms with E-state index in [9.17, 15) is 14.4 Å². The standard InChI is InChI=1S/C18H19N3O3/c1-3-12-6-4-5-11(2)15(12)21-18(24)17(23)20-14-9-7-13(8-10-14)16(19)22/h4-10H,3H2,1-2H3,(H2,19,22)(H,20,23)(H,21,24). The summed E-state index contributed by atoms with van der Waals surface area (Å²) in [5.74, 6) is -2.10. The zero-order chi connectivity index (χ0) is 17.7. The van der Waals surface area contributed by atoms with Crippen LogP contribution in [0.2, 0.25) is 0 Å². The first-order valence-corrected chi connectivity index (χ1v) is 7.53. The van der Waals surface area contributed by atoms with Gasteiger partial charge in [-0.05, 0) is 48.7 Å². The molecule has 0 heterocycles. The number of amides is 3. The molecule has 6 nitrogen and oxygen atoms in total. The van der Waals surface area contributed by atoms with Gasteiger partial charge in [-0.3, -0.25) is 14.4 Å². The fourth-order valence-electron chi connectivity index (χ4n) is 2.28. The van der Waals surface area contributed by atoms with E-state index in [2.05, 4.69) is 10.6 Å². The van der Waals surface area contributed by atoms with Gasteiger partial charge in [-0.15, -0.1) is 0 Å². The number of para-hydroxylation sites is 1. The number of anilines is 2. The average Bonchev–Trinajstić information content (AvgIpc) is 2.57. The maximum atomic E-state index is 12.1. The molecule has 0 bridgehead atoms. The van der Waals surface area contributed by atoms with E-state index < -0.39 is 17.7 Å². The first-order chi connectivity index (χ1) is 11.4. The Bertz CT molecular complexity index is 783. The number of carbonyl (C=O) groups is 3. The van der Waals surface area contributed by atoms with E-state index in [1.807, 2.05) is 32.0 Å². The number of hydrogen-bond donors (Lipinski definition) is 3. The van der Waals surface area contributed by atoms with Crippen molar-refractivity contribution >= 4 is 29.1 Å². The van der Waals surface area contributed by atoms with Crippen LogP contribution in [0, 0.1) is 6.92 Å². The minimum atomic E-state index is -0.785. The number of carbonyl (C=O) groups excluding carboxylic acids is 3. The molecule has 24 heavy (non-hydrogen) atoms. The largest absolute Gasteiger partial charge is 0.366 e. The average molecular weight is 325 g/mol. The molecular weight excluding hydrogens is 306 g/mol. The number of primary amides is 1. The Labute approximate surface area is 140 Å². The van der Waals surface area contributed by atoms with Crippen molar-refractivity contribution in [2.24, 2.45) is 5.73 Å². The first kappa shape index (κ1) is 17.2. The summed E-state index contributed by atoms with van der Waals surface area (Å²) in [5, 5.41) is 5.14. The zero-order valence-electron chi connectivity index (χ0n) is 13.6. The Morgan fingerprint density at radius 3 is 2.17 bits per heavy atom. The van der Waals surface area contributed by atoms with Crippen LogP contribution in [0.1, 0.15) is 28.4 Å². The lowest BCUT2D eigenvalue weighted by molar-refractivity contribution is -0.133. The van der Waals surface area contributed by atoms with Crippen molar-refractivity contribution in [1.29, 1.82) is 0 Å². The Hall–Kier alpha value is -3.15. The van der Waals surface area contributed by atoms with Crippen molar-refractivity contribution in [2.45, 2.75) is 20.3 Å². The van der Waals surface area contributed by atoms with Gasteiger partial charge in [0.1, 0.15) is 0 Å². The van der Waals surface area contributed by atoms with Gasteiger partial charge < -0.3 is 16.4 Å². The van der Waals surface area contributed by atoms with Crippen molar-refractivity contribution < 1.29 is 14.4 Å². The molecule has 0 aromatic heterocycles. The van der Waals surface area contributed by atoms with E-state index >= 15 is 0 Å². The molecule has 2 aromatic carbocycles. The highest BCUT2D eigenvalue weighted by molar-refractivity contribution is 6.43. The van der Waals surface area contributed by atoms with E-state index in [-0.39, 0.29) is 0 Å². The lowest BCUT2D eigenvalue weighted by Crippen LogP contribution is -2.29. The summed E-state index contributed by atoms with van der Waals surface area (Å²) in [6.45, 7) is 3.85. The third-order valence-electron chi connectivity index (χ3n) is 3.61. The third-order valence-corrected chi connectivity index (χ3v) is 3.61. The van der Waals surface area contributed by atoms with Crippen molar-refractivity contribution in [1.82, 2.24) is 0 Å². The van der Waals surface area contributed by atoms with Gasteiger partial charge in [-0.2, -0.15) is 0 Å². The summed E-state index contributed by atoms with van der Waals surface area (Å²) in [5.41, 5.74) is 8.38. The van der Waals surface area contributed by atoms with Gasteiger partial charge >= 0.3 is 11.8 Å². The second-order valence-electron chi connectivity index (χ2n) is 5.31. The van der Waals surface area contributed by atoms with Gasteiger partial charge in [0.2, 0.25) is 5.91 Å². The smallest absolute Gasteiger partial charge is 0.314 e. The van der Waals surface area contributed by atoms with Crippen LogP contribution in [-0.4, -0.2) is 17.7 Å². The molecule has 4 N–H and O–H groups in total. The lowest BCUT2D eigenvalue weighted by atomic mass is 10.1. The van der Waals surface area contributed by atoms with Crippen molar-refractivity contribution in [3.05, 3.63) is 59.2 Å². The number of hydrogen-bond acceptors (Lipinski definition) is 3. The molecule has 0 aliphatic rings. The van der Waals surface area contributed by atoms with Crippen LogP contribution < -0.4 is 16.4 Å². The molecular formula is C18H19N3O3. The molecule has 0 spiro atoms. The highest BCUT2D eigenvalue weighted by Crippen LogP contribution is 2.21. The molecule has 0 saturated carbocycles. The van der Waals surface area contributed by atoms with Crippen LogP contribution in [0.4, 0.5) is 11.4 Å². The monoisotopic (exact) mass is 325 g/mol. The van der Waals surface area contributed by atoms with Crippen molar-refractivity contribution in [3.8, 4) is 0 Å². The number of nitrogens with two attached hydrogens (primary N) is 1. The summed E-state index contributed by atoms with van der Waals surface area (Å²) >= 11 is 0. The summed E-state index contributed by atoms with van der Waals surface area (Å²) < 4.78 is 0. The van der Waals surface area contributed by atoms with Crippen LogP contribution in [0.3, 0.4) is 0 Å². The number of rotatable bonds is 4. The van der Waals surface area contributed by atoms with E-state index in [0.29, 0.717) is 16.9 Å². The minimum absolute atomic E-state index is 0.324. The van der Waals surface area contributed by atoms with Gasteiger partial charge in [0.05, 0.1) is 0 Å². The number of benzene rings is 2. The van der Waals surface area contributed by atoms with E-state index in [1.165, 1.54) is 24.3 Å². The molecule has 0 aliphatic carbocycles. The Morgan fingerprint density at radius 2 is 1.58 bits per heavy atom. The fraction of sp³-hybridized carbons (Fsp3) is 0.167. The second-order valence-corrected chi connectivity index (χ2v) is 5.31. The maximum absolute atomic E-state index is 12.1. The highest BCUT2D eigenvalue weighted by Gasteiger charge is 2.16. The highest BCUT2D eigenvalue weighted by atomic mass is 16.2. The summed E-state index contributed by atoms with van der Waals surface area (Å²) in [6, 6.07) is 11.7. The van der Waals surface area contributed by atoms with Crippen LogP contribution in [-0.2, 0) is 16.0 Å². The first-order valence-electron chi connectivity index (χ1n) is 7.53. The predicted molar refractivity (Wildman–Crippen MR) is 92.8 cm³/mol. The molecule has 2 rings (SSSR count). The van der Waals surface area contributed by atoms with Crippen LogP contribution in [0.25, 0.3) is 0 Å². The normalized spacial score (nSPS) is 10.1. The topological polar surface area (TPSA) is 101 Å². The SMILES string of the molecule is CCc1cccc(C)c1NC(=O)C(=O)Nc1ccc(C(N)=O)cc1. The Balaban J connectivity index is 2.08. The molecule has 124 valence electrons. The molecule has 2 aromatic rings. The third kappa shape index (κ3) is 3.98. The lowest BCUT2D eigenvalue weighted by Gasteiger charge is -2.13. The molecule has 3 amide bonds. The number of nitrogens with one attached hydrogen (secondary N) is 2. The summed E-state index contributed by atoms with van der Waals surface area (Å²) in [6.07, 6.45) is 0.744. The van der Waals surface area contributed by atoms with Gasteiger partial charge in [0, 0.05) is 16.9 Å². The predicted octanol–water partition coefficient (Wildman–Crippen LogP) is 2.23. The van der Waals surface area contributed by atoms with Crippen LogP contribution >= 0.6 is 0 Å². The Kier molecular flexibility index (Phi) is 5.31. The fourth-order valence-corrected chi connectivity index (χ4v) is 2.28. The minimum Gasteiger partial charge on any atom is -0.366 e. The zero-order valence-corrected chi connectivity index (χ0v) is 13.6. The second kappa shape index (κ2) is 7.41. The van der Waals surface area contributed by atoms with Gasteiger partial charge in [-0.25, -0.2) is 0 Å². The van der Waals surface area contributed by atoms with Crippen LogP contribution in [0.15, 0.2) is 42.5 Å². The van der Waals surface area contributed by atoms with Gasteiger partial charge in [-0.1, -0.05) is 25.1 Å². The molecule has 0 atom stereocenters. The quantitative estimate of drug-likeness (QED) is 0.751. The van der Waals surface area contributed by atoms with E-state index in [4.69, 9.17) is 5.73 Å². The summed E-state index contributed by atoms with van der Waals surface area (Å²) in [7, 11) is 0. The van der Waals surface area contributed by atoms with Crippen LogP contribution in [0.5, 0.6) is 0 Å². The molecule has 0 fully saturated rings. The Morgan fingerprint density at radius 1 is 0.958 bits per heavy atom. The van der Waals surface area contributed by atoms with Gasteiger partial charge in [0.15, 0.2) is 0 Å². The molecule has 0 unspecified atom stereocenters. The summed E-state index contributed by atoms with van der Waals surface area (Å²) in [4.78, 5) is 35.2. The molecule has 6 heteroatoms. The van der Waals surface area contributed by atoms with Crippen molar-refractivity contribution in [2.75, 3.05) is 10.6 Å². The number of aryl methyl sites for hydroxylation is 2. The van der Waals surface area contributed by atoms with E-state index in [0.717, 1.165) is 17.5 Å². The molecule has 0 saturated heterocycles. The molecule has 0 aliphatic heterocycles. The molecule has 0 radical (unpaired) electrons. The van der Waals surface area contributed by atoms with Crippen molar-refractivity contribution in [3.63, 3.8) is 0 Å². The maximum Gasteiger partial charge on any atom is 0.314 e. The van der Waals surface area contributed by atoms with Gasteiger partial charge in [0.25, 0.3) is 0 Å². The van der Waals surface area contributed by atoms with E-state index in [1.54, 1.807) is 0 Å².